The molecule has 5 nitrogen and oxygen atoms in total. The van der Waals surface area contributed by atoms with Gasteiger partial charge in [0.15, 0.2) is 0 Å². The van der Waals surface area contributed by atoms with Gasteiger partial charge in [0.05, 0.1) is 11.6 Å². The van der Waals surface area contributed by atoms with Gasteiger partial charge in [-0.1, -0.05) is 6.92 Å². The Morgan fingerprint density at radius 3 is 2.29 bits per heavy atom. The van der Waals surface area contributed by atoms with Crippen molar-refractivity contribution in [2.45, 2.75) is 19.4 Å². The summed E-state index contributed by atoms with van der Waals surface area (Å²) >= 11 is 0. The van der Waals surface area contributed by atoms with Gasteiger partial charge in [0, 0.05) is 12.7 Å². The lowest BCUT2D eigenvalue weighted by Crippen LogP contribution is -2.41. The second kappa shape index (κ2) is 5.45. The van der Waals surface area contributed by atoms with Crippen molar-refractivity contribution in [3.05, 3.63) is 29.8 Å². The van der Waals surface area contributed by atoms with Crippen LogP contribution in [-0.4, -0.2) is 30.1 Å². The molecule has 0 aromatic heterocycles. The zero-order chi connectivity index (χ0) is 13.0. The molecule has 0 heterocycles. The van der Waals surface area contributed by atoms with Crippen LogP contribution in [0.4, 0.5) is 5.69 Å². The average Bonchev–Trinajstić information content (AvgIpc) is 2.36. The van der Waals surface area contributed by atoms with Crippen molar-refractivity contribution in [3.63, 3.8) is 0 Å². The normalized spacial score (nSPS) is 11.9. The third-order valence-corrected chi connectivity index (χ3v) is 2.59. The number of hydrogen-bond acceptors (Lipinski definition) is 3. The number of carboxylic acid groups (broad SMARTS) is 1. The van der Waals surface area contributed by atoms with E-state index in [1.807, 2.05) is 6.92 Å². The van der Waals surface area contributed by atoms with E-state index in [1.165, 1.54) is 17.0 Å². The largest absolute Gasteiger partial charge is 0.478 e. The van der Waals surface area contributed by atoms with E-state index in [0.717, 1.165) is 0 Å². The van der Waals surface area contributed by atoms with E-state index < -0.39 is 12.0 Å². The second-order valence-corrected chi connectivity index (χ2v) is 3.76. The summed E-state index contributed by atoms with van der Waals surface area (Å²) in [5.74, 6) is -1.17. The van der Waals surface area contributed by atoms with E-state index in [-0.39, 0.29) is 11.5 Å². The number of benzene rings is 1. The fourth-order valence-corrected chi connectivity index (χ4v) is 1.38. The first-order chi connectivity index (χ1) is 7.97. The van der Waals surface area contributed by atoms with Crippen LogP contribution in [-0.2, 0) is 4.79 Å². The lowest BCUT2D eigenvalue weighted by atomic mass is 10.1. The maximum atomic E-state index is 11.8. The summed E-state index contributed by atoms with van der Waals surface area (Å²) in [4.78, 5) is 23.9. The first-order valence-corrected chi connectivity index (χ1v) is 5.34. The highest BCUT2D eigenvalue weighted by atomic mass is 16.4. The highest BCUT2D eigenvalue weighted by Crippen LogP contribution is 2.15. The summed E-state index contributed by atoms with van der Waals surface area (Å²) in [6, 6.07) is 5.56. The molecule has 3 N–H and O–H groups in total. The van der Waals surface area contributed by atoms with Crippen molar-refractivity contribution in [2.75, 3.05) is 11.9 Å². The number of anilines is 1. The number of likely N-dealkylation sites (N-methyl/N-ethyl adjacent to an activating group) is 1. The van der Waals surface area contributed by atoms with Crippen LogP contribution in [0.15, 0.2) is 24.3 Å². The van der Waals surface area contributed by atoms with Crippen LogP contribution in [0.2, 0.25) is 0 Å². The molecule has 92 valence electrons. The maximum Gasteiger partial charge on any atom is 0.335 e. The lowest BCUT2D eigenvalue weighted by Gasteiger charge is -2.20. The van der Waals surface area contributed by atoms with Gasteiger partial charge in [-0.25, -0.2) is 4.79 Å². The number of nitrogens with two attached hydrogens (primary N) is 1. The van der Waals surface area contributed by atoms with Crippen LogP contribution in [0.1, 0.15) is 23.7 Å². The van der Waals surface area contributed by atoms with Gasteiger partial charge in [0.2, 0.25) is 5.91 Å². The number of carboxylic acids is 1. The number of amides is 1. The number of carbonyl (C=O) groups is 2. The van der Waals surface area contributed by atoms with Crippen LogP contribution in [0.5, 0.6) is 0 Å². The summed E-state index contributed by atoms with van der Waals surface area (Å²) < 4.78 is 0. The van der Waals surface area contributed by atoms with E-state index in [4.69, 9.17) is 10.8 Å². The minimum atomic E-state index is -0.990. The fourth-order valence-electron chi connectivity index (χ4n) is 1.38. The van der Waals surface area contributed by atoms with Crippen LogP contribution in [0, 0.1) is 0 Å². The molecular formula is C12H16N2O3. The first kappa shape index (κ1) is 13.2. The third-order valence-electron chi connectivity index (χ3n) is 2.59. The average molecular weight is 236 g/mol. The smallest absolute Gasteiger partial charge is 0.335 e. The van der Waals surface area contributed by atoms with E-state index in [2.05, 4.69) is 0 Å². The second-order valence-electron chi connectivity index (χ2n) is 3.76. The Hall–Kier alpha value is -1.88. The zero-order valence-electron chi connectivity index (χ0n) is 9.88. The molecule has 1 aromatic rings. The van der Waals surface area contributed by atoms with Crippen LogP contribution < -0.4 is 10.6 Å². The van der Waals surface area contributed by atoms with Gasteiger partial charge in [-0.3, -0.25) is 4.79 Å². The molecule has 17 heavy (non-hydrogen) atoms. The molecule has 0 radical (unpaired) electrons. The van der Waals surface area contributed by atoms with Gasteiger partial charge < -0.3 is 15.7 Å². The topological polar surface area (TPSA) is 83.6 Å². The Bertz CT molecular complexity index is 414. The standard InChI is InChI=1S/C12H16N2O3/c1-3-10(13)11(15)14(2)9-6-4-8(5-7-9)12(16)17/h4-7,10H,3,13H2,1-2H3,(H,16,17)/t10-/m0/s1. The fraction of sp³-hybridized carbons (Fsp3) is 0.333. The minimum Gasteiger partial charge on any atom is -0.478 e. The van der Waals surface area contributed by atoms with E-state index in [0.29, 0.717) is 12.1 Å². The molecule has 0 fully saturated rings. The summed E-state index contributed by atoms with van der Waals surface area (Å²) in [5, 5.41) is 8.75. The molecule has 0 aliphatic heterocycles. The van der Waals surface area contributed by atoms with Gasteiger partial charge in [0.25, 0.3) is 0 Å². The van der Waals surface area contributed by atoms with Gasteiger partial charge in [-0.05, 0) is 30.7 Å². The van der Waals surface area contributed by atoms with Crippen molar-refractivity contribution in [2.24, 2.45) is 5.73 Å². The Kier molecular flexibility index (Phi) is 4.23. The molecule has 1 amide bonds. The number of hydrogen-bond donors (Lipinski definition) is 2. The molecule has 0 aliphatic rings. The van der Waals surface area contributed by atoms with E-state index in [9.17, 15) is 9.59 Å². The lowest BCUT2D eigenvalue weighted by molar-refractivity contribution is -0.119. The molecule has 0 saturated heterocycles. The van der Waals surface area contributed by atoms with Crippen molar-refractivity contribution in [1.82, 2.24) is 0 Å². The van der Waals surface area contributed by atoms with E-state index >= 15 is 0 Å². The molecule has 1 aromatic carbocycles. The molecule has 0 spiro atoms. The van der Waals surface area contributed by atoms with Gasteiger partial charge in [-0.15, -0.1) is 0 Å². The SMILES string of the molecule is CC[C@H](N)C(=O)N(C)c1ccc(C(=O)O)cc1. The molecular weight excluding hydrogens is 220 g/mol. The summed E-state index contributed by atoms with van der Waals surface area (Å²) in [5.41, 5.74) is 6.47. The number of carbonyl (C=O) groups excluding carboxylic acids is 1. The van der Waals surface area contributed by atoms with Crippen LogP contribution >= 0.6 is 0 Å². The minimum absolute atomic E-state index is 0.185. The third kappa shape index (κ3) is 3.04. The highest BCUT2D eigenvalue weighted by molar-refractivity contribution is 5.97. The molecule has 1 atom stereocenters. The molecule has 0 bridgehead atoms. The van der Waals surface area contributed by atoms with Crippen LogP contribution in [0.25, 0.3) is 0 Å². The van der Waals surface area contributed by atoms with Crippen molar-refractivity contribution in [3.8, 4) is 0 Å². The number of nitrogens with zero attached hydrogens (tertiary/aromatic N) is 1. The monoisotopic (exact) mass is 236 g/mol. The predicted octanol–water partition coefficient (Wildman–Crippen LogP) is 1.08. The summed E-state index contributed by atoms with van der Waals surface area (Å²) in [7, 11) is 1.62. The van der Waals surface area contributed by atoms with Crippen molar-refractivity contribution >= 4 is 17.6 Å². The zero-order valence-corrected chi connectivity index (χ0v) is 9.88. The van der Waals surface area contributed by atoms with E-state index in [1.54, 1.807) is 19.2 Å². The Balaban J connectivity index is 2.86. The molecule has 5 heteroatoms. The number of rotatable bonds is 4. The van der Waals surface area contributed by atoms with Gasteiger partial charge in [-0.2, -0.15) is 0 Å². The first-order valence-electron chi connectivity index (χ1n) is 5.34. The van der Waals surface area contributed by atoms with Gasteiger partial charge >= 0.3 is 5.97 Å². The molecule has 0 unspecified atom stereocenters. The summed E-state index contributed by atoms with van der Waals surface area (Å²) in [6.07, 6.45) is 0.566. The van der Waals surface area contributed by atoms with Crippen molar-refractivity contribution in [1.29, 1.82) is 0 Å². The summed E-state index contributed by atoms with van der Waals surface area (Å²) in [6.45, 7) is 1.84. The van der Waals surface area contributed by atoms with Crippen molar-refractivity contribution < 1.29 is 14.7 Å². The quantitative estimate of drug-likeness (QED) is 0.819. The number of aromatic carboxylic acids is 1. The maximum absolute atomic E-state index is 11.8. The Morgan fingerprint density at radius 1 is 1.35 bits per heavy atom. The van der Waals surface area contributed by atoms with Gasteiger partial charge in [0.1, 0.15) is 0 Å². The highest BCUT2D eigenvalue weighted by Gasteiger charge is 2.17. The molecule has 0 saturated carbocycles. The Labute approximate surface area is 99.8 Å². The molecule has 0 aliphatic carbocycles. The van der Waals surface area contributed by atoms with Crippen LogP contribution in [0.3, 0.4) is 0 Å². The molecule has 1 rings (SSSR count). The predicted molar refractivity (Wildman–Crippen MR) is 65.1 cm³/mol. The Morgan fingerprint density at radius 2 is 1.88 bits per heavy atom.